The molecule has 0 aliphatic heterocycles. The zero-order valence-corrected chi connectivity index (χ0v) is 13.5. The maximum Gasteiger partial charge on any atom is 0.343 e. The van der Waals surface area contributed by atoms with E-state index in [4.69, 9.17) is 9.47 Å². The highest BCUT2D eigenvalue weighted by Crippen LogP contribution is 2.26. The van der Waals surface area contributed by atoms with E-state index in [9.17, 15) is 9.59 Å². The quantitative estimate of drug-likeness (QED) is 0.613. The fourth-order valence-electron chi connectivity index (χ4n) is 2.20. The van der Waals surface area contributed by atoms with Gasteiger partial charge in [-0.25, -0.2) is 9.59 Å². The molecule has 0 unspecified atom stereocenters. The predicted molar refractivity (Wildman–Crippen MR) is 87.9 cm³/mol. The van der Waals surface area contributed by atoms with Crippen LogP contribution in [0.4, 0.5) is 0 Å². The minimum Gasteiger partial charge on any atom is -0.462 e. The Kier molecular flexibility index (Phi) is 5.52. The van der Waals surface area contributed by atoms with E-state index in [2.05, 4.69) is 0 Å². The van der Waals surface area contributed by atoms with Crippen LogP contribution in [-0.4, -0.2) is 18.5 Å². The summed E-state index contributed by atoms with van der Waals surface area (Å²) in [6, 6.07) is 13.8. The average Bonchev–Trinajstić information content (AvgIpc) is 2.55. The maximum atomic E-state index is 12.3. The van der Waals surface area contributed by atoms with Crippen molar-refractivity contribution < 1.29 is 19.1 Å². The van der Waals surface area contributed by atoms with E-state index in [0.717, 1.165) is 5.56 Å². The molecule has 0 saturated heterocycles. The summed E-state index contributed by atoms with van der Waals surface area (Å²) in [6.45, 7) is 6.09. The lowest BCUT2D eigenvalue weighted by atomic mass is 10.0. The molecule has 2 aromatic rings. The van der Waals surface area contributed by atoms with Crippen LogP contribution in [0.15, 0.2) is 48.5 Å². The number of carbonyl (C=O) groups excluding carboxylic acids is 2. The van der Waals surface area contributed by atoms with Crippen LogP contribution < -0.4 is 4.74 Å². The molecule has 0 bridgehead atoms. The van der Waals surface area contributed by atoms with Crippen molar-refractivity contribution in [1.82, 2.24) is 0 Å². The van der Waals surface area contributed by atoms with Crippen molar-refractivity contribution in [2.24, 2.45) is 0 Å². The Bertz CT molecular complexity index is 704. The van der Waals surface area contributed by atoms with Gasteiger partial charge < -0.3 is 9.47 Å². The topological polar surface area (TPSA) is 52.6 Å². The molecule has 0 spiro atoms. The van der Waals surface area contributed by atoms with Gasteiger partial charge in [0.1, 0.15) is 5.75 Å². The molecule has 2 rings (SSSR count). The molecule has 4 heteroatoms. The van der Waals surface area contributed by atoms with E-state index in [-0.39, 0.29) is 12.5 Å². The molecule has 120 valence electrons. The van der Waals surface area contributed by atoms with E-state index >= 15 is 0 Å². The second-order valence-corrected chi connectivity index (χ2v) is 5.38. The van der Waals surface area contributed by atoms with Gasteiger partial charge in [-0.3, -0.25) is 0 Å². The highest BCUT2D eigenvalue weighted by atomic mass is 16.5. The smallest absolute Gasteiger partial charge is 0.343 e. The number of rotatable bonds is 5. The van der Waals surface area contributed by atoms with Crippen LogP contribution in [0.25, 0.3) is 0 Å². The van der Waals surface area contributed by atoms with Gasteiger partial charge in [0.05, 0.1) is 17.7 Å². The lowest BCUT2D eigenvalue weighted by molar-refractivity contribution is 0.0526. The summed E-state index contributed by atoms with van der Waals surface area (Å²) in [5, 5.41) is 0. The SMILES string of the molecule is CCOC(=O)c1cccc(C(=O)Oc2ccccc2C(C)C)c1. The van der Waals surface area contributed by atoms with Crippen molar-refractivity contribution in [3.8, 4) is 5.75 Å². The summed E-state index contributed by atoms with van der Waals surface area (Å²) in [6.07, 6.45) is 0. The molecular weight excluding hydrogens is 292 g/mol. The second-order valence-electron chi connectivity index (χ2n) is 5.38. The van der Waals surface area contributed by atoms with E-state index in [1.807, 2.05) is 32.0 Å². The van der Waals surface area contributed by atoms with Crippen molar-refractivity contribution >= 4 is 11.9 Å². The molecule has 0 fully saturated rings. The zero-order valence-electron chi connectivity index (χ0n) is 13.5. The minimum atomic E-state index is -0.496. The summed E-state index contributed by atoms with van der Waals surface area (Å²) in [4.78, 5) is 24.1. The largest absolute Gasteiger partial charge is 0.462 e. The van der Waals surface area contributed by atoms with Gasteiger partial charge in [-0.1, -0.05) is 38.1 Å². The third-order valence-electron chi connectivity index (χ3n) is 3.35. The molecule has 0 heterocycles. The van der Waals surface area contributed by atoms with Crippen molar-refractivity contribution in [1.29, 1.82) is 0 Å². The molecule has 0 radical (unpaired) electrons. The monoisotopic (exact) mass is 312 g/mol. The number of hydrogen-bond donors (Lipinski definition) is 0. The predicted octanol–water partition coefficient (Wildman–Crippen LogP) is 4.21. The molecule has 4 nitrogen and oxygen atoms in total. The Morgan fingerprint density at radius 3 is 2.26 bits per heavy atom. The normalized spacial score (nSPS) is 10.4. The molecule has 2 aromatic carbocycles. The van der Waals surface area contributed by atoms with E-state index < -0.39 is 11.9 Å². The van der Waals surface area contributed by atoms with Crippen LogP contribution in [0.2, 0.25) is 0 Å². The van der Waals surface area contributed by atoms with Crippen LogP contribution in [-0.2, 0) is 4.74 Å². The fourth-order valence-corrected chi connectivity index (χ4v) is 2.20. The van der Waals surface area contributed by atoms with Crippen LogP contribution in [0.1, 0.15) is 53.0 Å². The molecule has 0 saturated carbocycles. The Morgan fingerprint density at radius 2 is 1.61 bits per heavy atom. The fraction of sp³-hybridized carbons (Fsp3) is 0.263. The van der Waals surface area contributed by atoms with E-state index in [0.29, 0.717) is 16.9 Å². The van der Waals surface area contributed by atoms with E-state index in [1.54, 1.807) is 31.2 Å². The third kappa shape index (κ3) is 4.19. The highest BCUT2D eigenvalue weighted by Gasteiger charge is 2.15. The molecule has 0 N–H and O–H groups in total. The first-order chi connectivity index (χ1) is 11.0. The van der Waals surface area contributed by atoms with Gasteiger partial charge in [-0.05, 0) is 42.7 Å². The number of carbonyl (C=O) groups is 2. The molecule has 0 aliphatic carbocycles. The van der Waals surface area contributed by atoms with Crippen LogP contribution in [0.3, 0.4) is 0 Å². The molecule has 0 atom stereocenters. The Morgan fingerprint density at radius 1 is 0.957 bits per heavy atom. The average molecular weight is 312 g/mol. The van der Waals surface area contributed by atoms with Crippen LogP contribution in [0.5, 0.6) is 5.75 Å². The van der Waals surface area contributed by atoms with Crippen LogP contribution >= 0.6 is 0 Å². The number of hydrogen-bond acceptors (Lipinski definition) is 4. The second kappa shape index (κ2) is 7.58. The van der Waals surface area contributed by atoms with Gasteiger partial charge in [0.25, 0.3) is 0 Å². The molecule has 23 heavy (non-hydrogen) atoms. The first-order valence-electron chi connectivity index (χ1n) is 7.61. The van der Waals surface area contributed by atoms with Crippen LogP contribution in [0, 0.1) is 0 Å². The molecule has 0 aromatic heterocycles. The summed E-state index contributed by atoms with van der Waals surface area (Å²) >= 11 is 0. The van der Waals surface area contributed by atoms with Gasteiger partial charge in [0, 0.05) is 0 Å². The van der Waals surface area contributed by atoms with Crippen molar-refractivity contribution in [3.05, 3.63) is 65.2 Å². The summed E-state index contributed by atoms with van der Waals surface area (Å²) in [5.74, 6) is -0.173. The molecular formula is C19H20O4. The van der Waals surface area contributed by atoms with Gasteiger partial charge in [-0.2, -0.15) is 0 Å². The minimum absolute atomic E-state index is 0.241. The number of esters is 2. The van der Waals surface area contributed by atoms with E-state index in [1.165, 1.54) is 6.07 Å². The third-order valence-corrected chi connectivity index (χ3v) is 3.35. The van der Waals surface area contributed by atoms with Gasteiger partial charge in [0.2, 0.25) is 0 Å². The Hall–Kier alpha value is -2.62. The first kappa shape index (κ1) is 16.7. The zero-order chi connectivity index (χ0) is 16.8. The van der Waals surface area contributed by atoms with Crippen molar-refractivity contribution in [2.45, 2.75) is 26.7 Å². The maximum absolute atomic E-state index is 12.3. The number of benzene rings is 2. The number of ether oxygens (including phenoxy) is 2. The Labute approximate surface area is 136 Å². The highest BCUT2D eigenvalue weighted by molar-refractivity contribution is 5.96. The van der Waals surface area contributed by atoms with Gasteiger partial charge in [-0.15, -0.1) is 0 Å². The van der Waals surface area contributed by atoms with Crippen molar-refractivity contribution in [2.75, 3.05) is 6.61 Å². The van der Waals surface area contributed by atoms with Crippen molar-refractivity contribution in [3.63, 3.8) is 0 Å². The van der Waals surface area contributed by atoms with Gasteiger partial charge >= 0.3 is 11.9 Å². The Balaban J connectivity index is 2.22. The lowest BCUT2D eigenvalue weighted by Crippen LogP contribution is -2.12. The van der Waals surface area contributed by atoms with Gasteiger partial charge in [0.15, 0.2) is 0 Å². The summed E-state index contributed by atoms with van der Waals surface area (Å²) < 4.78 is 10.4. The molecule has 0 aliphatic rings. The first-order valence-corrected chi connectivity index (χ1v) is 7.61. The summed E-state index contributed by atoms with van der Waals surface area (Å²) in [5.41, 5.74) is 1.61. The summed E-state index contributed by atoms with van der Waals surface area (Å²) in [7, 11) is 0. The molecule has 0 amide bonds. The lowest BCUT2D eigenvalue weighted by Gasteiger charge is -2.12. The standard InChI is InChI=1S/C19H20O4/c1-4-22-18(20)14-8-7-9-15(12-14)19(21)23-17-11-6-5-10-16(17)13(2)3/h5-13H,4H2,1-3H3. The number of para-hydroxylation sites is 1.